The van der Waals surface area contributed by atoms with Crippen LogP contribution >= 0.6 is 11.6 Å². The fourth-order valence-corrected chi connectivity index (χ4v) is 2.66. The second-order valence-corrected chi connectivity index (χ2v) is 5.98. The molecule has 3 amide bonds. The van der Waals surface area contributed by atoms with Crippen molar-refractivity contribution in [3.63, 3.8) is 0 Å². The Balaban J connectivity index is 1.92. The van der Waals surface area contributed by atoms with Gasteiger partial charge in [0.2, 0.25) is 5.91 Å². The van der Waals surface area contributed by atoms with Gasteiger partial charge in [0, 0.05) is 23.7 Å². The van der Waals surface area contributed by atoms with Gasteiger partial charge in [0.05, 0.1) is 6.61 Å². The molecule has 0 bridgehead atoms. The van der Waals surface area contributed by atoms with Crippen LogP contribution in [-0.2, 0) is 11.3 Å². The predicted molar refractivity (Wildman–Crippen MR) is 88.6 cm³/mol. The maximum Gasteiger partial charge on any atom is 0.315 e. The third kappa shape index (κ3) is 4.76. The minimum atomic E-state index is -0.500. The van der Waals surface area contributed by atoms with Gasteiger partial charge in [-0.2, -0.15) is 0 Å². The monoisotopic (exact) mass is 339 g/mol. The molecule has 0 aliphatic carbocycles. The average molecular weight is 340 g/mol. The SMILES string of the molecule is CCOc1cc(Cl)ccc1CNC(=O)N[C@H]1C(=O)NCC[C@H]1C. The molecule has 6 nitrogen and oxygen atoms in total. The number of urea groups is 1. The molecule has 0 unspecified atom stereocenters. The third-order valence-corrected chi connectivity index (χ3v) is 4.04. The van der Waals surface area contributed by atoms with Crippen LogP contribution in [0.1, 0.15) is 25.8 Å². The van der Waals surface area contributed by atoms with Gasteiger partial charge in [0.15, 0.2) is 0 Å². The molecule has 0 spiro atoms. The van der Waals surface area contributed by atoms with E-state index in [1.165, 1.54) is 0 Å². The van der Waals surface area contributed by atoms with Crippen molar-refractivity contribution in [3.05, 3.63) is 28.8 Å². The van der Waals surface area contributed by atoms with Gasteiger partial charge >= 0.3 is 6.03 Å². The van der Waals surface area contributed by atoms with E-state index in [0.717, 1.165) is 12.0 Å². The average Bonchev–Trinajstić information content (AvgIpc) is 2.51. The molecule has 126 valence electrons. The lowest BCUT2D eigenvalue weighted by molar-refractivity contribution is -0.125. The first kappa shape index (κ1) is 17.4. The number of rotatable bonds is 5. The lowest BCUT2D eigenvalue weighted by Crippen LogP contribution is -2.56. The summed E-state index contributed by atoms with van der Waals surface area (Å²) in [5, 5.41) is 8.81. The Bertz CT molecular complexity index is 580. The van der Waals surface area contributed by atoms with Gasteiger partial charge < -0.3 is 20.7 Å². The molecule has 0 aromatic heterocycles. The minimum Gasteiger partial charge on any atom is -0.493 e. The fraction of sp³-hybridized carbons (Fsp3) is 0.500. The Morgan fingerprint density at radius 1 is 1.48 bits per heavy atom. The molecule has 3 N–H and O–H groups in total. The highest BCUT2D eigenvalue weighted by atomic mass is 35.5. The largest absolute Gasteiger partial charge is 0.493 e. The molecule has 23 heavy (non-hydrogen) atoms. The van der Waals surface area contributed by atoms with Gasteiger partial charge in [-0.1, -0.05) is 24.6 Å². The third-order valence-electron chi connectivity index (χ3n) is 3.81. The van der Waals surface area contributed by atoms with E-state index in [4.69, 9.17) is 16.3 Å². The molecule has 7 heteroatoms. The van der Waals surface area contributed by atoms with Crippen molar-refractivity contribution in [2.24, 2.45) is 5.92 Å². The first-order valence-electron chi connectivity index (χ1n) is 7.74. The number of hydrogen-bond donors (Lipinski definition) is 3. The van der Waals surface area contributed by atoms with E-state index in [2.05, 4.69) is 16.0 Å². The number of halogens is 1. The van der Waals surface area contributed by atoms with E-state index in [1.807, 2.05) is 19.9 Å². The molecule has 1 fully saturated rings. The number of carbonyl (C=O) groups is 2. The summed E-state index contributed by atoms with van der Waals surface area (Å²) >= 11 is 5.95. The van der Waals surface area contributed by atoms with Gasteiger partial charge in [0.25, 0.3) is 0 Å². The maximum absolute atomic E-state index is 12.0. The zero-order valence-electron chi connectivity index (χ0n) is 13.3. The van der Waals surface area contributed by atoms with Crippen LogP contribution in [0.15, 0.2) is 18.2 Å². The first-order valence-corrected chi connectivity index (χ1v) is 8.12. The highest BCUT2D eigenvalue weighted by molar-refractivity contribution is 6.30. The molecule has 2 atom stereocenters. The summed E-state index contributed by atoms with van der Waals surface area (Å²) in [6.45, 7) is 5.30. The van der Waals surface area contributed by atoms with Crippen molar-refractivity contribution in [1.29, 1.82) is 0 Å². The second-order valence-electron chi connectivity index (χ2n) is 5.55. The fourth-order valence-electron chi connectivity index (χ4n) is 2.50. The quantitative estimate of drug-likeness (QED) is 0.768. The Hall–Kier alpha value is -1.95. The standard InChI is InChI=1S/C16H22ClN3O3/c1-3-23-13-8-12(17)5-4-11(13)9-19-16(22)20-14-10(2)6-7-18-15(14)21/h4-5,8,10,14H,3,6-7,9H2,1-2H3,(H,18,21)(H2,19,20,22)/t10-,14-/m1/s1. The lowest BCUT2D eigenvalue weighted by atomic mass is 9.94. The van der Waals surface area contributed by atoms with Crippen molar-refractivity contribution < 1.29 is 14.3 Å². The molecule has 1 aliphatic heterocycles. The number of nitrogens with one attached hydrogen (secondary N) is 3. The van der Waals surface area contributed by atoms with E-state index < -0.39 is 6.04 Å². The van der Waals surface area contributed by atoms with Crippen molar-refractivity contribution in [2.75, 3.05) is 13.2 Å². The van der Waals surface area contributed by atoms with Gasteiger partial charge in [-0.25, -0.2) is 4.79 Å². The number of benzene rings is 1. The molecular formula is C16H22ClN3O3. The maximum atomic E-state index is 12.0. The van der Waals surface area contributed by atoms with Gasteiger partial charge in [-0.15, -0.1) is 0 Å². The van der Waals surface area contributed by atoms with E-state index in [-0.39, 0.29) is 17.9 Å². The second kappa shape index (κ2) is 8.06. The van der Waals surface area contributed by atoms with Crippen LogP contribution in [0.4, 0.5) is 4.79 Å². The lowest BCUT2D eigenvalue weighted by Gasteiger charge is -2.29. The molecule has 1 aliphatic rings. The van der Waals surface area contributed by atoms with Crippen LogP contribution in [0, 0.1) is 5.92 Å². The summed E-state index contributed by atoms with van der Waals surface area (Å²) in [4.78, 5) is 23.8. The summed E-state index contributed by atoms with van der Waals surface area (Å²) in [7, 11) is 0. The molecule has 1 aromatic rings. The molecule has 0 saturated carbocycles. The Labute approximate surface area is 140 Å². The molecule has 1 heterocycles. The highest BCUT2D eigenvalue weighted by Crippen LogP contribution is 2.23. The van der Waals surface area contributed by atoms with Crippen molar-refractivity contribution in [2.45, 2.75) is 32.9 Å². The van der Waals surface area contributed by atoms with E-state index >= 15 is 0 Å². The number of carbonyl (C=O) groups excluding carboxylic acids is 2. The number of amides is 3. The molecule has 2 rings (SSSR count). The van der Waals surface area contributed by atoms with Crippen molar-refractivity contribution >= 4 is 23.5 Å². The molecule has 1 saturated heterocycles. The van der Waals surface area contributed by atoms with Gasteiger partial charge in [0.1, 0.15) is 11.8 Å². The Morgan fingerprint density at radius 2 is 2.26 bits per heavy atom. The van der Waals surface area contributed by atoms with Crippen LogP contribution in [-0.4, -0.2) is 31.1 Å². The van der Waals surface area contributed by atoms with Crippen LogP contribution in [0.25, 0.3) is 0 Å². The molecule has 0 radical (unpaired) electrons. The van der Waals surface area contributed by atoms with Crippen LogP contribution in [0.5, 0.6) is 5.75 Å². The number of ether oxygens (including phenoxy) is 1. The normalized spacial score (nSPS) is 20.6. The molecule has 1 aromatic carbocycles. The van der Waals surface area contributed by atoms with Gasteiger partial charge in [-0.3, -0.25) is 4.79 Å². The van der Waals surface area contributed by atoms with Crippen LogP contribution in [0.3, 0.4) is 0 Å². The summed E-state index contributed by atoms with van der Waals surface area (Å²) in [6, 6.07) is 4.40. The first-order chi connectivity index (χ1) is 11.0. The van der Waals surface area contributed by atoms with Crippen LogP contribution in [0.2, 0.25) is 5.02 Å². The minimum absolute atomic E-state index is 0.115. The summed E-state index contributed by atoms with van der Waals surface area (Å²) in [6.07, 6.45) is 0.850. The summed E-state index contributed by atoms with van der Waals surface area (Å²) in [5.41, 5.74) is 0.826. The zero-order chi connectivity index (χ0) is 16.8. The number of hydrogen-bond acceptors (Lipinski definition) is 3. The Morgan fingerprint density at radius 3 is 2.96 bits per heavy atom. The van der Waals surface area contributed by atoms with Crippen molar-refractivity contribution in [3.8, 4) is 5.75 Å². The summed E-state index contributed by atoms with van der Waals surface area (Å²) in [5.74, 6) is 0.619. The van der Waals surface area contributed by atoms with Crippen LogP contribution < -0.4 is 20.7 Å². The zero-order valence-corrected chi connectivity index (χ0v) is 14.1. The topological polar surface area (TPSA) is 79.5 Å². The predicted octanol–water partition coefficient (Wildman–Crippen LogP) is 2.06. The van der Waals surface area contributed by atoms with E-state index in [0.29, 0.717) is 30.5 Å². The van der Waals surface area contributed by atoms with Gasteiger partial charge in [-0.05, 0) is 31.4 Å². The molecular weight excluding hydrogens is 318 g/mol. The highest BCUT2D eigenvalue weighted by Gasteiger charge is 2.29. The Kier molecular flexibility index (Phi) is 6.10. The summed E-state index contributed by atoms with van der Waals surface area (Å²) < 4.78 is 5.51. The van der Waals surface area contributed by atoms with E-state index in [1.54, 1.807) is 12.1 Å². The number of piperidine rings is 1. The van der Waals surface area contributed by atoms with Crippen molar-refractivity contribution in [1.82, 2.24) is 16.0 Å². The smallest absolute Gasteiger partial charge is 0.315 e. The van der Waals surface area contributed by atoms with E-state index in [9.17, 15) is 9.59 Å².